The molecule has 4 aromatic rings. The van der Waals surface area contributed by atoms with Gasteiger partial charge in [-0.1, -0.05) is 18.2 Å². The molecule has 34 heavy (non-hydrogen) atoms. The predicted octanol–water partition coefficient (Wildman–Crippen LogP) is -0.127. The number of benzene rings is 3. The van der Waals surface area contributed by atoms with Gasteiger partial charge in [0.2, 0.25) is 0 Å². The first-order valence-electron chi connectivity index (χ1n) is 9.99. The molecule has 1 heterocycles. The van der Waals surface area contributed by atoms with Crippen LogP contribution in [0.3, 0.4) is 0 Å². The van der Waals surface area contributed by atoms with Crippen LogP contribution < -0.4 is 44.1 Å². The normalized spacial score (nSPS) is 11.4. The van der Waals surface area contributed by atoms with Crippen molar-refractivity contribution >= 4 is 28.4 Å². The van der Waals surface area contributed by atoms with Crippen LogP contribution in [0.25, 0.3) is 16.6 Å². The van der Waals surface area contributed by atoms with E-state index in [1.165, 1.54) is 13.2 Å². The second kappa shape index (κ2) is 11.1. The molecule has 0 atom stereocenters. The van der Waals surface area contributed by atoms with Crippen LogP contribution in [-0.4, -0.2) is 36.3 Å². The Morgan fingerprint density at radius 3 is 1.97 bits per heavy atom. The van der Waals surface area contributed by atoms with E-state index >= 15 is 0 Å². The van der Waals surface area contributed by atoms with Crippen molar-refractivity contribution in [3.63, 3.8) is 0 Å². The number of carbonyl (C=O) groups excluding carboxylic acids is 2. The van der Waals surface area contributed by atoms with Crippen LogP contribution in [0.4, 0.5) is 0 Å². The molecule has 3 aromatic carbocycles. The van der Waals surface area contributed by atoms with Crippen LogP contribution in [-0.2, 0) is 11.2 Å². The van der Waals surface area contributed by atoms with Crippen molar-refractivity contribution in [2.45, 2.75) is 6.42 Å². The van der Waals surface area contributed by atoms with Crippen LogP contribution in [0.5, 0.6) is 11.5 Å². The van der Waals surface area contributed by atoms with Crippen molar-refractivity contribution in [1.82, 2.24) is 10.3 Å². The molecule has 0 amide bonds. The van der Waals surface area contributed by atoms with Crippen molar-refractivity contribution in [2.24, 2.45) is 0 Å². The van der Waals surface area contributed by atoms with E-state index in [2.05, 4.69) is 10.3 Å². The minimum absolute atomic E-state index is 0. The summed E-state index contributed by atoms with van der Waals surface area (Å²) in [5.74, 6) is -0.687. The number of allylic oxidation sites excluding steroid dienone is 1. The number of nitrogens with zero attached hydrogens (tertiary/aromatic N) is 2. The predicted molar refractivity (Wildman–Crippen MR) is 118 cm³/mol. The molecular formula is C25H19N2NaO6. The fourth-order valence-electron chi connectivity index (χ4n) is 3.50. The molecule has 1 aromatic heterocycles. The maximum atomic E-state index is 13.5. The van der Waals surface area contributed by atoms with Crippen molar-refractivity contribution in [2.75, 3.05) is 14.2 Å². The molecule has 9 heteroatoms. The monoisotopic (exact) mass is 466 g/mol. The first kappa shape index (κ1) is 25.2. The zero-order chi connectivity index (χ0) is 23.4. The van der Waals surface area contributed by atoms with Gasteiger partial charge in [-0.15, -0.1) is 0 Å². The summed E-state index contributed by atoms with van der Waals surface area (Å²) in [5, 5.41) is 19.8. The summed E-state index contributed by atoms with van der Waals surface area (Å²) in [6.45, 7) is 0. The molecule has 4 rings (SSSR count). The third-order valence-electron chi connectivity index (χ3n) is 5.21. The molecule has 0 fully saturated rings. The number of ketones is 1. The summed E-state index contributed by atoms with van der Waals surface area (Å²) in [7, 11) is 3.07. The Bertz CT molecular complexity index is 1340. The average molecular weight is 466 g/mol. The van der Waals surface area contributed by atoms with Gasteiger partial charge in [-0.2, -0.15) is 0 Å². The van der Waals surface area contributed by atoms with Gasteiger partial charge in [0.15, 0.2) is 5.78 Å². The number of ether oxygens (including phenoxy) is 2. The number of aliphatic carboxylic acids is 1. The maximum Gasteiger partial charge on any atom is 1.00 e. The number of carbonyl (C=O) groups is 2. The van der Waals surface area contributed by atoms with Crippen molar-refractivity contribution < 1.29 is 58.4 Å². The Labute approximate surface area is 217 Å². The summed E-state index contributed by atoms with van der Waals surface area (Å²) in [4.78, 5) is 25.9. The number of Topliss-reactive ketones (excluding diaryl/α,β-unsaturated/α-hetero) is 1. The molecule has 8 nitrogen and oxygen atoms in total. The van der Waals surface area contributed by atoms with Gasteiger partial charge in [-0.3, -0.25) is 4.79 Å². The summed E-state index contributed by atoms with van der Waals surface area (Å²) < 4.78 is 15.0. The quantitative estimate of drug-likeness (QED) is 0.201. The van der Waals surface area contributed by atoms with E-state index in [-0.39, 0.29) is 52.7 Å². The number of methoxy groups -OCH3 is 2. The van der Waals surface area contributed by atoms with E-state index < -0.39 is 11.8 Å². The summed E-state index contributed by atoms with van der Waals surface area (Å²) in [6, 6.07) is 18.1. The number of hydrogen-bond donors (Lipinski definition) is 0. The van der Waals surface area contributed by atoms with Crippen LogP contribution in [0.2, 0.25) is 0 Å². The minimum Gasteiger partial charge on any atom is -0.545 e. The van der Waals surface area contributed by atoms with Crippen molar-refractivity contribution in [3.8, 4) is 11.5 Å². The molecule has 0 unspecified atom stereocenters. The molecule has 0 saturated heterocycles. The number of fused-ring (bicyclic) bond motifs is 1. The van der Waals surface area contributed by atoms with Gasteiger partial charge in [0.05, 0.1) is 20.2 Å². The van der Waals surface area contributed by atoms with Crippen molar-refractivity contribution in [3.05, 3.63) is 89.0 Å². The van der Waals surface area contributed by atoms with E-state index in [4.69, 9.17) is 14.1 Å². The summed E-state index contributed by atoms with van der Waals surface area (Å²) >= 11 is 0. The standard InChI is InChI=1S/C25H20N2O6.Na/c1-31-18-8-3-15(4-9-18)13-20(24(28)16-5-10-19(32-2)11-6-16)23(25(29)30)17-7-12-21-22(14-17)27-33-26-21;/h3-12,14H,13H2,1-2H3,(H,29,30);/q;+1/p-1/b23-20+;. The van der Waals surface area contributed by atoms with Gasteiger partial charge in [0.1, 0.15) is 22.5 Å². The van der Waals surface area contributed by atoms with Crippen molar-refractivity contribution in [1.29, 1.82) is 0 Å². The summed E-state index contributed by atoms with van der Waals surface area (Å²) in [5.41, 5.74) is 2.00. The first-order valence-corrected chi connectivity index (χ1v) is 9.99. The molecule has 166 valence electrons. The third-order valence-corrected chi connectivity index (χ3v) is 5.21. The van der Waals surface area contributed by atoms with Crippen LogP contribution in [0.15, 0.2) is 76.9 Å². The first-order chi connectivity index (χ1) is 16.0. The van der Waals surface area contributed by atoms with Gasteiger partial charge in [0, 0.05) is 23.1 Å². The Morgan fingerprint density at radius 2 is 1.38 bits per heavy atom. The SMILES string of the molecule is COc1ccc(C/C(C(=O)c2ccc(OC)cc2)=C(\C(=O)[O-])c2ccc3nonc3c2)cc1.[Na+]. The Balaban J connectivity index is 0.00000324. The number of carboxylic acids is 1. The molecule has 0 aliphatic rings. The topological polar surface area (TPSA) is 115 Å². The molecule has 0 saturated carbocycles. The van der Waals surface area contributed by atoms with E-state index in [9.17, 15) is 14.7 Å². The number of aromatic nitrogens is 2. The van der Waals surface area contributed by atoms with Gasteiger partial charge in [0.25, 0.3) is 0 Å². The molecule has 0 radical (unpaired) electrons. The van der Waals surface area contributed by atoms with Gasteiger partial charge >= 0.3 is 29.6 Å². The number of carboxylic acid groups (broad SMARTS) is 1. The molecule has 0 spiro atoms. The van der Waals surface area contributed by atoms with E-state index in [1.54, 1.807) is 67.8 Å². The molecule has 0 aliphatic heterocycles. The van der Waals surface area contributed by atoms with Gasteiger partial charge in [-0.05, 0) is 70.0 Å². The number of rotatable bonds is 8. The van der Waals surface area contributed by atoms with Crippen LogP contribution >= 0.6 is 0 Å². The summed E-state index contributed by atoms with van der Waals surface area (Å²) in [6.07, 6.45) is 0.0628. The van der Waals surface area contributed by atoms with Crippen LogP contribution in [0.1, 0.15) is 21.5 Å². The van der Waals surface area contributed by atoms with Gasteiger partial charge < -0.3 is 19.4 Å². The zero-order valence-electron chi connectivity index (χ0n) is 18.9. The van der Waals surface area contributed by atoms with E-state index in [0.717, 1.165) is 5.56 Å². The fraction of sp³-hybridized carbons (Fsp3) is 0.120. The zero-order valence-corrected chi connectivity index (χ0v) is 20.9. The van der Waals surface area contributed by atoms with E-state index in [0.29, 0.717) is 28.1 Å². The van der Waals surface area contributed by atoms with Gasteiger partial charge in [-0.25, -0.2) is 4.63 Å². The molecular weight excluding hydrogens is 447 g/mol. The Kier molecular flexibility index (Phi) is 8.22. The Morgan fingerprint density at radius 1 is 0.824 bits per heavy atom. The molecule has 0 N–H and O–H groups in total. The second-order valence-corrected chi connectivity index (χ2v) is 7.19. The Hall–Kier alpha value is -3.46. The average Bonchev–Trinajstić information content (AvgIpc) is 3.31. The largest absolute Gasteiger partial charge is 1.00 e. The number of hydrogen-bond acceptors (Lipinski definition) is 8. The van der Waals surface area contributed by atoms with E-state index in [1.807, 2.05) is 0 Å². The molecule has 0 aliphatic carbocycles. The third kappa shape index (κ3) is 5.36. The fourth-order valence-corrected chi connectivity index (χ4v) is 3.50. The molecule has 0 bridgehead atoms. The van der Waals surface area contributed by atoms with Crippen LogP contribution in [0, 0.1) is 0 Å². The smallest absolute Gasteiger partial charge is 0.545 e. The minimum atomic E-state index is -1.48. The second-order valence-electron chi connectivity index (χ2n) is 7.19. The maximum absolute atomic E-state index is 13.5.